The van der Waals surface area contributed by atoms with Gasteiger partial charge in [-0.3, -0.25) is 4.74 Å². The van der Waals surface area contributed by atoms with Crippen LogP contribution in [0.3, 0.4) is 0 Å². The highest BCUT2D eigenvalue weighted by Gasteiger charge is 2.51. The van der Waals surface area contributed by atoms with Gasteiger partial charge in [0.05, 0.1) is 5.88 Å². The second-order valence-electron chi connectivity index (χ2n) is 3.59. The van der Waals surface area contributed by atoms with Gasteiger partial charge in [-0.05, 0) is 6.92 Å². The third-order valence-corrected chi connectivity index (χ3v) is 2.85. The van der Waals surface area contributed by atoms with Crippen LogP contribution in [0.2, 0.25) is 0 Å². The first-order chi connectivity index (χ1) is 8.11. The highest BCUT2D eigenvalue weighted by atomic mass is 35.5. The van der Waals surface area contributed by atoms with Crippen molar-refractivity contribution in [1.29, 1.82) is 0 Å². The molecule has 0 amide bonds. The van der Waals surface area contributed by atoms with E-state index in [4.69, 9.17) is 52.1 Å². The van der Waals surface area contributed by atoms with Crippen molar-refractivity contribution < 1.29 is 33.8 Å². The zero-order chi connectivity index (χ0) is 12.4. The molecule has 0 saturated carbocycles. The van der Waals surface area contributed by atoms with Crippen LogP contribution in [0.15, 0.2) is 0 Å². The second-order valence-corrected chi connectivity index (χ2v) is 4.13. The Morgan fingerprint density at radius 3 is 2.65 bits per heavy atom. The van der Waals surface area contributed by atoms with Crippen molar-refractivity contribution in [3.05, 3.63) is 0 Å². The van der Waals surface area contributed by atoms with E-state index in [0.29, 0.717) is 0 Å². The summed E-state index contributed by atoms with van der Waals surface area (Å²) in [4.78, 5) is 19.1. The van der Waals surface area contributed by atoms with E-state index < -0.39 is 18.1 Å². The summed E-state index contributed by atoms with van der Waals surface area (Å²) >= 11 is 11.4. The SMILES string of the molecule is C[C@@]1(CCl)OO[C@](CCl)(OCC2OCOO2)O1. The molecule has 0 N–H and O–H groups in total. The topological polar surface area (TPSA) is 64.6 Å². The lowest BCUT2D eigenvalue weighted by molar-refractivity contribution is -0.416. The van der Waals surface area contributed by atoms with Crippen molar-refractivity contribution in [3.8, 4) is 0 Å². The highest BCUT2D eigenvalue weighted by molar-refractivity contribution is 6.18. The monoisotopic (exact) mass is 290 g/mol. The number of ether oxygens (including phenoxy) is 3. The van der Waals surface area contributed by atoms with Crippen LogP contribution in [0.5, 0.6) is 0 Å². The smallest absolute Gasteiger partial charge is 0.319 e. The fourth-order valence-electron chi connectivity index (χ4n) is 1.21. The van der Waals surface area contributed by atoms with E-state index in [9.17, 15) is 0 Å². The van der Waals surface area contributed by atoms with E-state index in [-0.39, 0.29) is 25.2 Å². The molecule has 0 aromatic rings. The molecule has 2 aliphatic rings. The molecule has 2 rings (SSSR count). The van der Waals surface area contributed by atoms with E-state index in [1.54, 1.807) is 6.92 Å². The third-order valence-electron chi connectivity index (χ3n) is 2.04. The van der Waals surface area contributed by atoms with Crippen LogP contribution in [0.1, 0.15) is 6.92 Å². The van der Waals surface area contributed by atoms with Crippen molar-refractivity contribution in [2.45, 2.75) is 25.0 Å². The van der Waals surface area contributed by atoms with Crippen molar-refractivity contribution in [2.24, 2.45) is 0 Å². The van der Waals surface area contributed by atoms with Crippen molar-refractivity contribution in [1.82, 2.24) is 0 Å². The van der Waals surface area contributed by atoms with Crippen molar-refractivity contribution in [2.75, 3.05) is 25.2 Å². The van der Waals surface area contributed by atoms with Gasteiger partial charge in [0.25, 0.3) is 0 Å². The zero-order valence-corrected chi connectivity index (χ0v) is 10.5. The Morgan fingerprint density at radius 1 is 1.29 bits per heavy atom. The molecule has 3 atom stereocenters. The summed E-state index contributed by atoms with van der Waals surface area (Å²) in [7, 11) is 0. The Balaban J connectivity index is 1.87. The summed E-state index contributed by atoms with van der Waals surface area (Å²) in [6.45, 7) is 1.65. The summed E-state index contributed by atoms with van der Waals surface area (Å²) in [6, 6.07) is 0. The summed E-state index contributed by atoms with van der Waals surface area (Å²) < 4.78 is 15.7. The minimum atomic E-state index is -1.53. The van der Waals surface area contributed by atoms with Gasteiger partial charge in [0, 0.05) is 0 Å². The molecule has 0 aromatic heterocycles. The van der Waals surface area contributed by atoms with Gasteiger partial charge >= 0.3 is 5.97 Å². The average Bonchev–Trinajstić information content (AvgIpc) is 2.96. The molecule has 1 unspecified atom stereocenters. The van der Waals surface area contributed by atoms with Crippen molar-refractivity contribution >= 4 is 23.2 Å². The number of hydrogen-bond acceptors (Lipinski definition) is 7. The predicted molar refractivity (Wildman–Crippen MR) is 53.7 cm³/mol. The van der Waals surface area contributed by atoms with Crippen LogP contribution < -0.4 is 0 Å². The molecule has 2 aliphatic heterocycles. The van der Waals surface area contributed by atoms with Gasteiger partial charge in [0.15, 0.2) is 6.79 Å². The first kappa shape index (κ1) is 13.7. The first-order valence-corrected chi connectivity index (χ1v) is 5.91. The van der Waals surface area contributed by atoms with Gasteiger partial charge in [0.1, 0.15) is 12.5 Å². The molecule has 100 valence electrons. The minimum absolute atomic E-state index is 0.00838. The molecule has 2 fully saturated rings. The lowest BCUT2D eigenvalue weighted by Gasteiger charge is -2.24. The average molecular weight is 291 g/mol. The van der Waals surface area contributed by atoms with E-state index in [1.165, 1.54) is 0 Å². The molecule has 2 saturated heterocycles. The Morgan fingerprint density at radius 2 is 2.12 bits per heavy atom. The fourth-order valence-corrected chi connectivity index (χ4v) is 1.49. The molecule has 7 nitrogen and oxygen atoms in total. The van der Waals surface area contributed by atoms with Gasteiger partial charge in [-0.15, -0.1) is 23.2 Å². The molecule has 9 heteroatoms. The molecule has 0 radical (unpaired) electrons. The molecule has 0 aromatic carbocycles. The normalized spacial score (nSPS) is 42.2. The third kappa shape index (κ3) is 3.19. The van der Waals surface area contributed by atoms with Gasteiger partial charge in [-0.1, -0.05) is 0 Å². The standard InChI is InChI=1S/C8H12Cl2O7/c1-7(3-9)15-8(4-10,17-16-7)12-2-6-11-5-13-14-6/h6H,2-5H2,1H3/t6?,7-,8+/m0/s1. The number of rotatable bonds is 5. The lowest BCUT2D eigenvalue weighted by Crippen LogP contribution is -2.41. The predicted octanol–water partition coefficient (Wildman–Crippen LogP) is 1.09. The summed E-state index contributed by atoms with van der Waals surface area (Å²) in [6.07, 6.45) is -0.662. The molecule has 0 aliphatic carbocycles. The van der Waals surface area contributed by atoms with E-state index in [0.717, 1.165) is 0 Å². The maximum Gasteiger partial charge on any atom is 0.328 e. The van der Waals surface area contributed by atoms with E-state index in [1.807, 2.05) is 0 Å². The van der Waals surface area contributed by atoms with Crippen LogP contribution in [-0.2, 0) is 33.8 Å². The Bertz CT molecular complexity index is 262. The van der Waals surface area contributed by atoms with Crippen LogP contribution in [0.4, 0.5) is 0 Å². The molecule has 0 bridgehead atoms. The summed E-state index contributed by atoms with van der Waals surface area (Å²) in [5.41, 5.74) is 0. The number of alkyl halides is 2. The van der Waals surface area contributed by atoms with Crippen molar-refractivity contribution in [3.63, 3.8) is 0 Å². The van der Waals surface area contributed by atoms with Gasteiger partial charge in [-0.25, -0.2) is 4.89 Å². The molecule has 2 heterocycles. The van der Waals surface area contributed by atoms with E-state index >= 15 is 0 Å². The highest BCUT2D eigenvalue weighted by Crippen LogP contribution is 2.35. The Labute approximate surface area is 108 Å². The van der Waals surface area contributed by atoms with Crippen LogP contribution in [0.25, 0.3) is 0 Å². The largest absolute Gasteiger partial charge is 0.328 e. The molecular weight excluding hydrogens is 279 g/mol. The number of hydrogen-bond donors (Lipinski definition) is 0. The fraction of sp³-hybridized carbons (Fsp3) is 1.00. The lowest BCUT2D eigenvalue weighted by atomic mass is 10.4. The van der Waals surface area contributed by atoms with Gasteiger partial charge in [-0.2, -0.15) is 14.7 Å². The van der Waals surface area contributed by atoms with E-state index in [2.05, 4.69) is 4.89 Å². The van der Waals surface area contributed by atoms with Crippen LogP contribution in [0, 0.1) is 0 Å². The maximum absolute atomic E-state index is 5.72. The molecule has 0 spiro atoms. The summed E-state index contributed by atoms with van der Waals surface area (Å²) in [5.74, 6) is -2.67. The van der Waals surface area contributed by atoms with Gasteiger partial charge in [0.2, 0.25) is 12.1 Å². The number of halogens is 2. The first-order valence-electron chi connectivity index (χ1n) is 4.84. The second kappa shape index (κ2) is 5.52. The maximum atomic E-state index is 5.72. The Hall–Kier alpha value is 0.300. The van der Waals surface area contributed by atoms with Gasteiger partial charge < -0.3 is 9.47 Å². The summed E-state index contributed by atoms with van der Waals surface area (Å²) in [5, 5.41) is 0. The zero-order valence-electron chi connectivity index (χ0n) is 9.02. The van der Waals surface area contributed by atoms with Crippen LogP contribution in [-0.4, -0.2) is 43.2 Å². The molecular formula is C8H12Cl2O7. The molecule has 17 heavy (non-hydrogen) atoms. The Kier molecular flexibility index (Phi) is 4.45. The minimum Gasteiger partial charge on any atom is -0.319 e. The van der Waals surface area contributed by atoms with Crippen LogP contribution >= 0.6 is 23.2 Å². The quantitative estimate of drug-likeness (QED) is 0.555.